The van der Waals surface area contributed by atoms with E-state index in [9.17, 15) is 14.4 Å². The predicted molar refractivity (Wildman–Crippen MR) is 163 cm³/mol. The molecule has 6 rings (SSSR count). The number of hydrogen-bond donors (Lipinski definition) is 4. The zero-order valence-corrected chi connectivity index (χ0v) is 24.6. The van der Waals surface area contributed by atoms with Gasteiger partial charge in [-0.1, -0.05) is 42.5 Å². The smallest absolute Gasteiger partial charge is 0.315 e. The maximum Gasteiger partial charge on any atom is 0.315 e. The van der Waals surface area contributed by atoms with Gasteiger partial charge in [0.15, 0.2) is 0 Å². The van der Waals surface area contributed by atoms with Crippen molar-refractivity contribution >= 4 is 28.7 Å². The molecule has 1 aromatic heterocycles. The summed E-state index contributed by atoms with van der Waals surface area (Å²) < 4.78 is 0. The van der Waals surface area contributed by atoms with Gasteiger partial charge in [0.25, 0.3) is 0 Å². The lowest BCUT2D eigenvalue weighted by Gasteiger charge is -2.41. The number of carbonyl (C=O) groups is 3. The van der Waals surface area contributed by atoms with Crippen LogP contribution in [0.2, 0.25) is 0 Å². The van der Waals surface area contributed by atoms with E-state index in [2.05, 4.69) is 39.1 Å². The first kappa shape index (κ1) is 28.3. The van der Waals surface area contributed by atoms with Gasteiger partial charge in [-0.05, 0) is 61.4 Å². The minimum Gasteiger partial charge on any atom is -0.361 e. The number of para-hydroxylation sites is 1. The third kappa shape index (κ3) is 5.50. The van der Waals surface area contributed by atoms with Crippen LogP contribution < -0.4 is 16.0 Å². The van der Waals surface area contributed by atoms with Crippen molar-refractivity contribution in [3.8, 4) is 0 Å². The predicted octanol–water partition coefficient (Wildman–Crippen LogP) is 3.27. The fourth-order valence-electron chi connectivity index (χ4n) is 7.36. The van der Waals surface area contributed by atoms with Crippen molar-refractivity contribution in [2.75, 3.05) is 40.3 Å². The van der Waals surface area contributed by atoms with Crippen LogP contribution in [0.1, 0.15) is 54.7 Å². The molecule has 3 heterocycles. The number of benzene rings is 2. The van der Waals surface area contributed by atoms with Crippen LogP contribution in [0.15, 0.2) is 54.7 Å². The first-order valence-electron chi connectivity index (χ1n) is 15.3. The van der Waals surface area contributed by atoms with Gasteiger partial charge in [0, 0.05) is 68.7 Å². The molecule has 9 nitrogen and oxygen atoms in total. The zero-order valence-electron chi connectivity index (χ0n) is 24.6. The van der Waals surface area contributed by atoms with Crippen LogP contribution in [0.3, 0.4) is 0 Å². The lowest BCUT2D eigenvalue weighted by Crippen LogP contribution is -2.57. The fourth-order valence-corrected chi connectivity index (χ4v) is 7.36. The molecule has 2 fully saturated rings. The normalized spacial score (nSPS) is 22.0. The monoisotopic (exact) mass is 570 g/mol. The third-order valence-electron chi connectivity index (χ3n) is 9.61. The summed E-state index contributed by atoms with van der Waals surface area (Å²) in [5.41, 5.74) is 4.29. The molecule has 1 spiro atoms. The van der Waals surface area contributed by atoms with E-state index in [4.69, 9.17) is 0 Å². The van der Waals surface area contributed by atoms with Gasteiger partial charge in [-0.25, -0.2) is 4.79 Å². The van der Waals surface area contributed by atoms with Gasteiger partial charge in [-0.15, -0.1) is 0 Å². The number of piperidine rings is 2. The molecular formula is C33H42N6O3. The Morgan fingerprint density at radius 2 is 1.83 bits per heavy atom. The van der Waals surface area contributed by atoms with Crippen LogP contribution in [-0.4, -0.2) is 85.0 Å². The SMILES string of the molecule is CN(C)C(=O)[C@@H]1CC2(CCN(C(=O)[C@@H](Cc3c[nH]c4ccccc34)NC(=O)N[C@@H]3CCCNC3)CC2)c2ccccc21. The molecule has 9 heteroatoms. The van der Waals surface area contributed by atoms with E-state index in [1.54, 1.807) is 4.90 Å². The van der Waals surface area contributed by atoms with Crippen molar-refractivity contribution in [1.29, 1.82) is 0 Å². The first-order chi connectivity index (χ1) is 20.3. The van der Waals surface area contributed by atoms with Gasteiger partial charge in [-0.2, -0.15) is 0 Å². The summed E-state index contributed by atoms with van der Waals surface area (Å²) in [7, 11) is 3.64. The number of likely N-dealkylation sites (tertiary alicyclic amines) is 1. The number of fused-ring (bicyclic) bond motifs is 3. The Balaban J connectivity index is 1.19. The quantitative estimate of drug-likeness (QED) is 0.365. The summed E-state index contributed by atoms with van der Waals surface area (Å²) in [6.07, 6.45) is 6.66. The number of carbonyl (C=O) groups excluding carboxylic acids is 3. The lowest BCUT2D eigenvalue weighted by atomic mass is 9.73. The number of amides is 4. The van der Waals surface area contributed by atoms with E-state index >= 15 is 0 Å². The number of rotatable bonds is 6. The summed E-state index contributed by atoms with van der Waals surface area (Å²) in [6, 6.07) is 15.4. The van der Waals surface area contributed by atoms with Crippen molar-refractivity contribution in [2.45, 2.75) is 61.9 Å². The number of likely N-dealkylation sites (N-methyl/N-ethyl adjacent to an activating group) is 1. The van der Waals surface area contributed by atoms with E-state index in [0.717, 1.165) is 67.2 Å². The average Bonchev–Trinajstić information content (AvgIpc) is 3.56. The maximum atomic E-state index is 14.1. The van der Waals surface area contributed by atoms with Gasteiger partial charge >= 0.3 is 6.03 Å². The number of aromatic amines is 1. The molecule has 42 heavy (non-hydrogen) atoms. The second-order valence-corrected chi connectivity index (χ2v) is 12.5. The Hall–Kier alpha value is -3.85. The molecule has 4 amide bonds. The fraction of sp³-hybridized carbons (Fsp3) is 0.485. The van der Waals surface area contributed by atoms with Crippen LogP contribution in [0.4, 0.5) is 4.79 Å². The van der Waals surface area contributed by atoms with Crippen LogP contribution in [0, 0.1) is 0 Å². The Bertz CT molecular complexity index is 1450. The molecule has 1 aliphatic carbocycles. The highest BCUT2D eigenvalue weighted by atomic mass is 16.2. The molecule has 2 saturated heterocycles. The van der Waals surface area contributed by atoms with Crippen LogP contribution in [-0.2, 0) is 21.4 Å². The standard InChI is InChI=1S/C33H42N6O3/c1-38(2)30(40)26-19-33(27-11-5-3-10-25(26)27)13-16-39(17-14-33)31(41)29(37-32(42)36-23-8-7-15-34-21-23)18-22-20-35-28-12-6-4-9-24(22)28/h3-6,9-12,20,23,26,29,34-35H,7-8,13-19,21H2,1-2H3,(H2,36,37,42)/t23-,26-,29-/m1/s1. The van der Waals surface area contributed by atoms with Crippen molar-refractivity contribution in [1.82, 2.24) is 30.7 Å². The Labute approximate surface area is 247 Å². The van der Waals surface area contributed by atoms with Crippen LogP contribution >= 0.6 is 0 Å². The number of urea groups is 1. The van der Waals surface area contributed by atoms with E-state index < -0.39 is 6.04 Å². The maximum absolute atomic E-state index is 14.1. The topological polar surface area (TPSA) is 110 Å². The third-order valence-corrected chi connectivity index (χ3v) is 9.61. The molecule has 222 valence electrons. The molecule has 2 aromatic carbocycles. The Morgan fingerprint density at radius 3 is 2.60 bits per heavy atom. The number of nitrogens with zero attached hydrogens (tertiary/aromatic N) is 2. The molecule has 0 bridgehead atoms. The molecule has 0 saturated carbocycles. The van der Waals surface area contributed by atoms with E-state index in [1.165, 1.54) is 5.56 Å². The van der Waals surface area contributed by atoms with Crippen molar-refractivity contribution in [3.63, 3.8) is 0 Å². The highest BCUT2D eigenvalue weighted by molar-refractivity contribution is 5.90. The number of hydrogen-bond acceptors (Lipinski definition) is 4. The molecule has 2 aliphatic heterocycles. The minimum atomic E-state index is -0.686. The summed E-state index contributed by atoms with van der Waals surface area (Å²) >= 11 is 0. The van der Waals surface area contributed by atoms with E-state index in [1.807, 2.05) is 55.5 Å². The summed E-state index contributed by atoms with van der Waals surface area (Å²) in [4.78, 5) is 47.2. The lowest BCUT2D eigenvalue weighted by molar-refractivity contribution is -0.135. The molecular weight excluding hydrogens is 528 g/mol. The number of aromatic nitrogens is 1. The molecule has 0 unspecified atom stereocenters. The highest BCUT2D eigenvalue weighted by Crippen LogP contribution is 2.52. The van der Waals surface area contributed by atoms with Gasteiger partial charge in [0.05, 0.1) is 5.92 Å². The first-order valence-corrected chi connectivity index (χ1v) is 15.3. The number of nitrogens with one attached hydrogen (secondary N) is 4. The minimum absolute atomic E-state index is 0.0534. The zero-order chi connectivity index (χ0) is 29.3. The van der Waals surface area contributed by atoms with E-state index in [0.29, 0.717) is 19.5 Å². The second-order valence-electron chi connectivity index (χ2n) is 12.5. The van der Waals surface area contributed by atoms with Crippen molar-refractivity contribution < 1.29 is 14.4 Å². The number of H-pyrrole nitrogens is 1. The molecule has 3 aliphatic rings. The average molecular weight is 571 g/mol. The summed E-state index contributed by atoms with van der Waals surface area (Å²) in [5, 5.41) is 10.5. The van der Waals surface area contributed by atoms with Gasteiger partial charge in [0.1, 0.15) is 6.04 Å². The van der Waals surface area contributed by atoms with Crippen LogP contribution in [0.5, 0.6) is 0 Å². The molecule has 4 N–H and O–H groups in total. The molecule has 3 aromatic rings. The van der Waals surface area contributed by atoms with Gasteiger partial charge < -0.3 is 30.7 Å². The second kappa shape index (κ2) is 11.8. The van der Waals surface area contributed by atoms with Gasteiger partial charge in [-0.3, -0.25) is 9.59 Å². The Kier molecular flexibility index (Phi) is 7.94. The Morgan fingerprint density at radius 1 is 1.07 bits per heavy atom. The van der Waals surface area contributed by atoms with Gasteiger partial charge in [0.2, 0.25) is 11.8 Å². The summed E-state index contributed by atoms with van der Waals surface area (Å²) in [6.45, 7) is 2.89. The van der Waals surface area contributed by atoms with Crippen molar-refractivity contribution in [2.24, 2.45) is 0 Å². The highest BCUT2D eigenvalue weighted by Gasteiger charge is 2.48. The largest absolute Gasteiger partial charge is 0.361 e. The summed E-state index contributed by atoms with van der Waals surface area (Å²) in [5.74, 6) is -0.0630. The molecule has 3 atom stereocenters. The van der Waals surface area contributed by atoms with E-state index in [-0.39, 0.29) is 35.2 Å². The van der Waals surface area contributed by atoms with Crippen molar-refractivity contribution in [3.05, 3.63) is 71.4 Å². The molecule has 0 radical (unpaired) electrons. The van der Waals surface area contributed by atoms with Crippen LogP contribution in [0.25, 0.3) is 10.9 Å².